The van der Waals surface area contributed by atoms with E-state index >= 15 is 0 Å². The van der Waals surface area contributed by atoms with Crippen LogP contribution in [-0.4, -0.2) is 22.1 Å². The molecular formula is C20H13Cl5F2N2O2. The third kappa shape index (κ3) is 4.60. The van der Waals surface area contributed by atoms with Crippen molar-refractivity contribution in [2.24, 2.45) is 11.8 Å². The summed E-state index contributed by atoms with van der Waals surface area (Å²) in [6, 6.07) is 9.11. The highest BCUT2D eigenvalue weighted by Crippen LogP contribution is 2.65. The molecule has 2 aliphatic carbocycles. The summed E-state index contributed by atoms with van der Waals surface area (Å²) < 4.78 is 24.8. The molecule has 2 amide bonds. The molecule has 0 saturated heterocycles. The average Bonchev–Trinajstić information content (AvgIpc) is 3.47. The van der Waals surface area contributed by atoms with Crippen LogP contribution < -0.4 is 10.6 Å². The Morgan fingerprint density at radius 3 is 2.13 bits per heavy atom. The number of halogens is 7. The molecule has 2 N–H and O–H groups in total. The SMILES string of the molecule is O=C(Nc1cc(NC(=O)C2C(c3cc(Cl)cc(Cl)c3)C2(Cl)Cl)ccc1Cl)C1CC1(F)F. The molecule has 3 unspecified atom stereocenters. The van der Waals surface area contributed by atoms with E-state index in [0.717, 1.165) is 0 Å². The molecular weight excluding hydrogens is 515 g/mol. The van der Waals surface area contributed by atoms with E-state index in [2.05, 4.69) is 10.6 Å². The number of hydrogen-bond acceptors (Lipinski definition) is 2. The maximum absolute atomic E-state index is 13.1. The number of alkyl halides is 4. The lowest BCUT2D eigenvalue weighted by Gasteiger charge is -2.11. The van der Waals surface area contributed by atoms with Crippen LogP contribution in [0.5, 0.6) is 0 Å². The van der Waals surface area contributed by atoms with Crippen LogP contribution >= 0.6 is 58.0 Å². The lowest BCUT2D eigenvalue weighted by Crippen LogP contribution is -2.19. The van der Waals surface area contributed by atoms with Crippen LogP contribution in [-0.2, 0) is 9.59 Å². The van der Waals surface area contributed by atoms with Crippen LogP contribution in [0.1, 0.15) is 17.9 Å². The van der Waals surface area contributed by atoms with Gasteiger partial charge in [-0.25, -0.2) is 8.78 Å². The summed E-state index contributed by atoms with van der Waals surface area (Å²) in [6.45, 7) is 0. The fourth-order valence-corrected chi connectivity index (χ4v) is 4.99. The normalized spacial score (nSPS) is 24.9. The maximum atomic E-state index is 13.1. The summed E-state index contributed by atoms with van der Waals surface area (Å²) in [5.41, 5.74) is 1.01. The summed E-state index contributed by atoms with van der Waals surface area (Å²) in [5.74, 6) is -7.02. The van der Waals surface area contributed by atoms with Gasteiger partial charge in [-0.3, -0.25) is 9.59 Å². The molecule has 0 radical (unpaired) electrons. The van der Waals surface area contributed by atoms with Crippen molar-refractivity contribution >= 4 is 81.2 Å². The molecule has 2 saturated carbocycles. The Morgan fingerprint density at radius 1 is 0.935 bits per heavy atom. The van der Waals surface area contributed by atoms with E-state index in [0.29, 0.717) is 15.6 Å². The first-order valence-electron chi connectivity index (χ1n) is 9.03. The van der Waals surface area contributed by atoms with Crippen molar-refractivity contribution in [1.29, 1.82) is 0 Å². The molecule has 0 heterocycles. The highest BCUT2D eigenvalue weighted by Gasteiger charge is 2.67. The van der Waals surface area contributed by atoms with E-state index in [4.69, 9.17) is 58.0 Å². The molecule has 0 aliphatic heterocycles. The van der Waals surface area contributed by atoms with E-state index in [1.807, 2.05) is 0 Å². The zero-order chi connectivity index (χ0) is 22.7. The van der Waals surface area contributed by atoms with E-state index in [9.17, 15) is 18.4 Å². The Balaban J connectivity index is 1.48. The average molecular weight is 529 g/mol. The quantitative estimate of drug-likeness (QED) is 0.421. The predicted molar refractivity (Wildman–Crippen MR) is 119 cm³/mol. The van der Waals surface area contributed by atoms with Crippen LogP contribution in [0.4, 0.5) is 20.2 Å². The number of anilines is 2. The van der Waals surface area contributed by atoms with Gasteiger partial charge in [0.15, 0.2) is 0 Å². The smallest absolute Gasteiger partial charge is 0.260 e. The van der Waals surface area contributed by atoms with Crippen molar-refractivity contribution in [3.63, 3.8) is 0 Å². The molecule has 0 spiro atoms. The second-order valence-corrected chi connectivity index (χ2v) is 10.2. The van der Waals surface area contributed by atoms with Gasteiger partial charge in [0.2, 0.25) is 11.8 Å². The monoisotopic (exact) mass is 526 g/mol. The van der Waals surface area contributed by atoms with Crippen LogP contribution in [0.25, 0.3) is 0 Å². The van der Waals surface area contributed by atoms with Crippen molar-refractivity contribution in [2.45, 2.75) is 22.6 Å². The lowest BCUT2D eigenvalue weighted by molar-refractivity contribution is -0.119. The van der Waals surface area contributed by atoms with E-state index in [1.54, 1.807) is 18.2 Å². The van der Waals surface area contributed by atoms with Crippen molar-refractivity contribution in [3.8, 4) is 0 Å². The van der Waals surface area contributed by atoms with E-state index in [1.165, 1.54) is 18.2 Å². The molecule has 2 aromatic rings. The zero-order valence-electron chi connectivity index (χ0n) is 15.4. The second-order valence-electron chi connectivity index (χ2n) is 7.52. The Morgan fingerprint density at radius 2 is 1.55 bits per heavy atom. The van der Waals surface area contributed by atoms with E-state index in [-0.39, 0.29) is 16.4 Å². The highest BCUT2D eigenvalue weighted by molar-refractivity contribution is 6.53. The third-order valence-electron chi connectivity index (χ3n) is 5.21. The fraction of sp³-hybridized carbons (Fsp3) is 0.300. The summed E-state index contributed by atoms with van der Waals surface area (Å²) in [6.07, 6.45) is -0.503. The van der Waals surface area contributed by atoms with Gasteiger partial charge in [-0.15, -0.1) is 23.2 Å². The minimum atomic E-state index is -3.00. The molecule has 2 aromatic carbocycles. The number of rotatable bonds is 5. The van der Waals surface area contributed by atoms with Crippen LogP contribution in [0.3, 0.4) is 0 Å². The molecule has 2 aliphatic rings. The Hall–Kier alpha value is -1.31. The van der Waals surface area contributed by atoms with E-state index < -0.39 is 46.2 Å². The molecule has 164 valence electrons. The first kappa shape index (κ1) is 22.9. The van der Waals surface area contributed by atoms with Gasteiger partial charge in [-0.2, -0.15) is 0 Å². The Labute approximate surface area is 201 Å². The molecule has 4 nitrogen and oxygen atoms in total. The number of carbonyl (C=O) groups is 2. The number of hydrogen-bond donors (Lipinski definition) is 2. The van der Waals surface area contributed by atoms with Gasteiger partial charge in [0.25, 0.3) is 5.92 Å². The molecule has 2 fully saturated rings. The summed E-state index contributed by atoms with van der Waals surface area (Å²) in [5, 5.41) is 5.93. The number of amides is 2. The molecule has 0 aromatic heterocycles. The number of nitrogens with one attached hydrogen (secondary N) is 2. The van der Waals surface area contributed by atoms with Gasteiger partial charge < -0.3 is 10.6 Å². The Bertz CT molecular complexity index is 1070. The highest BCUT2D eigenvalue weighted by atomic mass is 35.5. The lowest BCUT2D eigenvalue weighted by atomic mass is 10.1. The van der Waals surface area contributed by atoms with Crippen molar-refractivity contribution in [2.75, 3.05) is 10.6 Å². The topological polar surface area (TPSA) is 58.2 Å². The van der Waals surface area contributed by atoms with Gasteiger partial charge in [0, 0.05) is 28.1 Å². The first-order valence-corrected chi connectivity index (χ1v) is 10.9. The zero-order valence-corrected chi connectivity index (χ0v) is 19.1. The van der Waals surface area contributed by atoms with Gasteiger partial charge >= 0.3 is 0 Å². The number of benzene rings is 2. The summed E-state index contributed by atoms with van der Waals surface area (Å²) in [7, 11) is 0. The number of carbonyl (C=O) groups excluding carboxylic acids is 2. The minimum absolute atomic E-state index is 0.101. The maximum Gasteiger partial charge on any atom is 0.260 e. The Kier molecular flexibility index (Phi) is 5.85. The van der Waals surface area contributed by atoms with Gasteiger partial charge in [0.05, 0.1) is 16.6 Å². The van der Waals surface area contributed by atoms with Crippen molar-refractivity contribution < 1.29 is 18.4 Å². The molecule has 4 rings (SSSR count). The van der Waals surface area contributed by atoms with Crippen molar-refractivity contribution in [3.05, 3.63) is 57.0 Å². The van der Waals surface area contributed by atoms with Crippen molar-refractivity contribution in [1.82, 2.24) is 0 Å². The first-order chi connectivity index (χ1) is 14.4. The van der Waals surface area contributed by atoms with Crippen LogP contribution in [0.15, 0.2) is 36.4 Å². The third-order valence-corrected chi connectivity index (χ3v) is 6.92. The molecule has 0 bridgehead atoms. The summed E-state index contributed by atoms with van der Waals surface area (Å²) >= 11 is 30.8. The minimum Gasteiger partial charge on any atom is -0.326 e. The molecule has 11 heteroatoms. The fourth-order valence-electron chi connectivity index (χ4n) is 3.46. The predicted octanol–water partition coefficient (Wildman–Crippen LogP) is 6.77. The molecule has 3 atom stereocenters. The van der Waals surface area contributed by atoms with Crippen LogP contribution in [0, 0.1) is 11.8 Å². The largest absolute Gasteiger partial charge is 0.326 e. The standard InChI is InChI=1S/C20H13Cl5F2N2O2/c21-9-3-8(4-10(22)5-9)15-16(20(15,24)25)18(31)28-11-1-2-13(23)14(6-11)29-17(30)12-7-19(12,26)27/h1-6,12,15-16H,7H2,(H,28,31)(H,29,30). The van der Waals surface area contributed by atoms with Gasteiger partial charge in [-0.05, 0) is 42.0 Å². The summed E-state index contributed by atoms with van der Waals surface area (Å²) in [4.78, 5) is 24.7. The van der Waals surface area contributed by atoms with Crippen LogP contribution in [0.2, 0.25) is 15.1 Å². The van der Waals surface area contributed by atoms with Gasteiger partial charge in [-0.1, -0.05) is 34.8 Å². The second kappa shape index (κ2) is 7.92. The molecule has 31 heavy (non-hydrogen) atoms. The van der Waals surface area contributed by atoms with Gasteiger partial charge in [0.1, 0.15) is 10.3 Å².